The third-order valence-corrected chi connectivity index (χ3v) is 6.22. The number of anilines is 2. The van der Waals surface area contributed by atoms with Crippen molar-refractivity contribution in [1.82, 2.24) is 0 Å². The smallest absolute Gasteiger partial charge is 0.335 e. The number of aromatic carboxylic acids is 1. The highest BCUT2D eigenvalue weighted by atomic mass is 16.7. The molecule has 10 heteroatoms. The second-order valence-electron chi connectivity index (χ2n) is 8.37. The van der Waals surface area contributed by atoms with Crippen molar-refractivity contribution in [3.63, 3.8) is 0 Å². The molecule has 0 saturated carbocycles. The number of nitrogens with zero attached hydrogens (tertiary/aromatic N) is 3. The zero-order valence-electron chi connectivity index (χ0n) is 18.4. The lowest BCUT2D eigenvalue weighted by Gasteiger charge is -2.28. The molecule has 2 aliphatic heterocycles. The minimum atomic E-state index is -1.12. The van der Waals surface area contributed by atoms with Gasteiger partial charge in [0.05, 0.1) is 27.9 Å². The van der Waals surface area contributed by atoms with Crippen LogP contribution in [0.15, 0.2) is 72.8 Å². The van der Waals surface area contributed by atoms with Gasteiger partial charge in [0.15, 0.2) is 6.10 Å². The topological polar surface area (TPSA) is 130 Å². The van der Waals surface area contributed by atoms with E-state index in [2.05, 4.69) is 0 Å². The fourth-order valence-electron chi connectivity index (χ4n) is 4.47. The fourth-order valence-corrected chi connectivity index (χ4v) is 4.47. The van der Waals surface area contributed by atoms with Crippen molar-refractivity contribution >= 4 is 34.8 Å². The summed E-state index contributed by atoms with van der Waals surface area (Å²) in [4.78, 5) is 55.7. The summed E-state index contributed by atoms with van der Waals surface area (Å²) in [6, 6.07) is 17.9. The molecule has 1 N–H and O–H groups in total. The van der Waals surface area contributed by atoms with Crippen LogP contribution < -0.4 is 9.96 Å². The van der Waals surface area contributed by atoms with Crippen LogP contribution in [-0.4, -0.2) is 33.9 Å². The number of carbonyl (C=O) groups excluding carboxylic acids is 2. The molecule has 0 bridgehead atoms. The van der Waals surface area contributed by atoms with Gasteiger partial charge in [0.2, 0.25) is 5.91 Å². The minimum absolute atomic E-state index is 0.0265. The van der Waals surface area contributed by atoms with Crippen LogP contribution in [0.2, 0.25) is 0 Å². The maximum Gasteiger partial charge on any atom is 0.335 e. The van der Waals surface area contributed by atoms with Gasteiger partial charge in [-0.2, -0.15) is 0 Å². The van der Waals surface area contributed by atoms with Gasteiger partial charge < -0.3 is 5.11 Å². The van der Waals surface area contributed by atoms with Crippen LogP contribution in [0, 0.1) is 23.0 Å². The average molecular weight is 473 g/mol. The Morgan fingerprint density at radius 2 is 1.51 bits per heavy atom. The summed E-state index contributed by atoms with van der Waals surface area (Å²) in [6.07, 6.45) is -1.11. The van der Waals surface area contributed by atoms with Gasteiger partial charge in [-0.25, -0.2) is 14.8 Å². The molecular formula is C25H19N3O7. The first-order valence-electron chi connectivity index (χ1n) is 10.7. The van der Waals surface area contributed by atoms with Crippen LogP contribution in [0.1, 0.15) is 27.5 Å². The number of aryl methyl sites for hydroxylation is 1. The number of carboxylic acid groups (broad SMARTS) is 1. The van der Waals surface area contributed by atoms with E-state index in [4.69, 9.17) is 9.94 Å². The monoisotopic (exact) mass is 473 g/mol. The van der Waals surface area contributed by atoms with Gasteiger partial charge in [0, 0.05) is 12.1 Å². The minimum Gasteiger partial charge on any atom is -0.478 e. The molecule has 0 aromatic heterocycles. The summed E-state index contributed by atoms with van der Waals surface area (Å²) in [5, 5.41) is 21.8. The van der Waals surface area contributed by atoms with Crippen molar-refractivity contribution in [2.45, 2.75) is 19.1 Å². The Morgan fingerprint density at radius 3 is 2.09 bits per heavy atom. The molecule has 10 nitrogen and oxygen atoms in total. The predicted octanol–water partition coefficient (Wildman–Crippen LogP) is 3.65. The molecule has 2 aliphatic rings. The first-order chi connectivity index (χ1) is 16.8. The Kier molecular flexibility index (Phi) is 5.29. The van der Waals surface area contributed by atoms with E-state index in [0.717, 1.165) is 10.5 Å². The Labute approximate surface area is 199 Å². The molecule has 3 atom stereocenters. The maximum absolute atomic E-state index is 13.6. The summed E-state index contributed by atoms with van der Waals surface area (Å²) in [7, 11) is 0. The van der Waals surface area contributed by atoms with Gasteiger partial charge in [0.25, 0.3) is 11.6 Å². The quantitative estimate of drug-likeness (QED) is 0.338. The molecule has 0 spiro atoms. The van der Waals surface area contributed by atoms with Gasteiger partial charge in [-0.3, -0.25) is 24.5 Å². The first kappa shape index (κ1) is 22.2. The van der Waals surface area contributed by atoms with Crippen molar-refractivity contribution in [1.29, 1.82) is 0 Å². The first-order valence-corrected chi connectivity index (χ1v) is 10.7. The standard InChI is InChI=1S/C25H19N3O7/c1-14-2-8-18(9-3-14)27-21(15-4-12-19(13-5-15)28(33)34)20-22(35-27)24(30)26(23(20)29)17-10-6-16(7-11-17)25(31)32/h2-13,20-22H,1H3,(H,31,32)/t20-,21+,22+/m1/s1. The molecule has 5 rings (SSSR count). The molecule has 2 saturated heterocycles. The van der Waals surface area contributed by atoms with Gasteiger partial charge >= 0.3 is 5.97 Å². The van der Waals surface area contributed by atoms with Gasteiger partial charge in [-0.05, 0) is 48.9 Å². The molecule has 35 heavy (non-hydrogen) atoms. The number of rotatable bonds is 5. The zero-order valence-corrected chi connectivity index (χ0v) is 18.4. The van der Waals surface area contributed by atoms with Crippen LogP contribution in [0.5, 0.6) is 0 Å². The Balaban J connectivity index is 1.55. The summed E-state index contributed by atoms with van der Waals surface area (Å²) in [5.74, 6) is -3.10. The lowest BCUT2D eigenvalue weighted by molar-refractivity contribution is -0.384. The van der Waals surface area contributed by atoms with Crippen LogP contribution in [0.4, 0.5) is 17.1 Å². The lowest BCUT2D eigenvalue weighted by atomic mass is 9.90. The molecule has 0 unspecified atom stereocenters. The van der Waals surface area contributed by atoms with E-state index in [1.807, 2.05) is 31.2 Å². The summed E-state index contributed by atoms with van der Waals surface area (Å²) in [6.45, 7) is 1.93. The van der Waals surface area contributed by atoms with E-state index < -0.39 is 40.8 Å². The maximum atomic E-state index is 13.6. The Bertz CT molecular complexity index is 1340. The molecule has 176 valence electrons. The predicted molar refractivity (Wildman–Crippen MR) is 124 cm³/mol. The number of nitro benzene ring substituents is 1. The van der Waals surface area contributed by atoms with E-state index >= 15 is 0 Å². The molecule has 3 aromatic rings. The van der Waals surface area contributed by atoms with E-state index in [1.54, 1.807) is 12.1 Å². The summed E-state index contributed by atoms with van der Waals surface area (Å²) >= 11 is 0. The fraction of sp³-hybridized carbons (Fsp3) is 0.160. The number of fused-ring (bicyclic) bond motifs is 1. The second-order valence-corrected chi connectivity index (χ2v) is 8.37. The number of nitro groups is 1. The zero-order chi connectivity index (χ0) is 24.9. The lowest BCUT2D eigenvalue weighted by Crippen LogP contribution is -2.37. The average Bonchev–Trinajstić information content (AvgIpc) is 3.35. The number of carbonyl (C=O) groups is 3. The van der Waals surface area contributed by atoms with E-state index in [-0.39, 0.29) is 16.9 Å². The number of hydrogen-bond acceptors (Lipinski definition) is 7. The second kappa shape index (κ2) is 8.33. The molecule has 2 amide bonds. The largest absolute Gasteiger partial charge is 0.478 e. The number of amides is 2. The van der Waals surface area contributed by atoms with Crippen LogP contribution in [0.3, 0.4) is 0 Å². The van der Waals surface area contributed by atoms with Crippen molar-refractivity contribution in [3.05, 3.63) is 99.6 Å². The Hall–Kier alpha value is -4.57. The molecule has 0 aliphatic carbocycles. The van der Waals surface area contributed by atoms with E-state index in [1.165, 1.54) is 41.5 Å². The highest BCUT2D eigenvalue weighted by molar-refractivity contribution is 6.24. The van der Waals surface area contributed by atoms with Gasteiger partial charge in [0.1, 0.15) is 5.92 Å². The molecule has 2 fully saturated rings. The third-order valence-electron chi connectivity index (χ3n) is 6.22. The highest BCUT2D eigenvalue weighted by Crippen LogP contribution is 2.47. The van der Waals surface area contributed by atoms with E-state index in [0.29, 0.717) is 11.3 Å². The third kappa shape index (κ3) is 3.69. The number of non-ortho nitro benzene ring substituents is 1. The van der Waals surface area contributed by atoms with Crippen LogP contribution in [0.25, 0.3) is 0 Å². The number of carboxylic acids is 1. The van der Waals surface area contributed by atoms with Gasteiger partial charge in [-0.15, -0.1) is 0 Å². The number of imide groups is 1. The Morgan fingerprint density at radius 1 is 0.914 bits per heavy atom. The highest BCUT2D eigenvalue weighted by Gasteiger charge is 2.60. The van der Waals surface area contributed by atoms with Crippen molar-refractivity contribution in [3.8, 4) is 0 Å². The number of hydrogen-bond donors (Lipinski definition) is 1. The molecule has 3 aromatic carbocycles. The normalized spacial score (nSPS) is 21.3. The molecule has 0 radical (unpaired) electrons. The molecule has 2 heterocycles. The number of benzene rings is 3. The number of hydroxylamine groups is 1. The summed E-state index contributed by atoms with van der Waals surface area (Å²) in [5.41, 5.74) is 2.40. The van der Waals surface area contributed by atoms with Crippen molar-refractivity contribution in [2.24, 2.45) is 5.92 Å². The van der Waals surface area contributed by atoms with Gasteiger partial charge in [-0.1, -0.05) is 29.8 Å². The molecular weight excluding hydrogens is 454 g/mol. The SMILES string of the molecule is Cc1ccc(N2O[C@@H]3C(=O)N(c4ccc(C(=O)O)cc4)C(=O)[C@@H]3[C@@H]2c2ccc([N+](=O)[O-])cc2)cc1. The van der Waals surface area contributed by atoms with Crippen LogP contribution >= 0.6 is 0 Å². The van der Waals surface area contributed by atoms with Crippen molar-refractivity contribution in [2.75, 3.05) is 9.96 Å². The summed E-state index contributed by atoms with van der Waals surface area (Å²) < 4.78 is 0. The van der Waals surface area contributed by atoms with E-state index in [9.17, 15) is 24.5 Å². The van der Waals surface area contributed by atoms with Crippen LogP contribution in [-0.2, 0) is 14.4 Å². The van der Waals surface area contributed by atoms with Crippen molar-refractivity contribution < 1.29 is 29.3 Å².